The summed E-state index contributed by atoms with van der Waals surface area (Å²) < 4.78 is 23.7. The monoisotopic (exact) mass is 336 g/mol. The number of nitrogens with one attached hydrogen (secondary N) is 2. The smallest absolute Gasteiger partial charge is 0.338 e. The lowest BCUT2D eigenvalue weighted by Crippen LogP contribution is -2.45. The van der Waals surface area contributed by atoms with E-state index in [4.69, 9.17) is 9.47 Å². The maximum Gasteiger partial charge on any atom is 0.338 e. The van der Waals surface area contributed by atoms with Crippen molar-refractivity contribution in [1.29, 1.82) is 0 Å². The maximum absolute atomic E-state index is 13.1. The molecule has 1 atom stereocenters. The summed E-state index contributed by atoms with van der Waals surface area (Å²) in [5.74, 6) is -0.948. The van der Waals surface area contributed by atoms with Gasteiger partial charge in [0.25, 0.3) is 0 Å². The number of allylic oxidation sites excluding steroid dienone is 1. The number of ether oxygens (including phenoxy) is 2. The van der Waals surface area contributed by atoms with Crippen molar-refractivity contribution in [2.45, 2.75) is 32.9 Å². The normalized spacial score (nSPS) is 17.5. The van der Waals surface area contributed by atoms with E-state index in [2.05, 4.69) is 10.6 Å². The summed E-state index contributed by atoms with van der Waals surface area (Å²) in [6.07, 6.45) is 0.0484. The van der Waals surface area contributed by atoms with Gasteiger partial charge in [-0.15, -0.1) is 0 Å². The van der Waals surface area contributed by atoms with Gasteiger partial charge in [0, 0.05) is 5.70 Å². The van der Waals surface area contributed by atoms with Crippen molar-refractivity contribution in [2.75, 3.05) is 13.2 Å². The number of benzene rings is 1. The van der Waals surface area contributed by atoms with Crippen LogP contribution in [0.4, 0.5) is 9.18 Å². The molecule has 1 aliphatic rings. The highest BCUT2D eigenvalue weighted by Gasteiger charge is 2.32. The third-order valence-electron chi connectivity index (χ3n) is 3.46. The Morgan fingerprint density at radius 2 is 1.92 bits per heavy atom. The van der Waals surface area contributed by atoms with Crippen molar-refractivity contribution in [3.63, 3.8) is 0 Å². The molecule has 1 aromatic carbocycles. The lowest BCUT2D eigenvalue weighted by molar-refractivity contribution is -0.141. The molecule has 7 heteroatoms. The molecule has 0 fully saturated rings. The molecule has 0 bridgehead atoms. The van der Waals surface area contributed by atoms with E-state index in [9.17, 15) is 14.0 Å². The van der Waals surface area contributed by atoms with Gasteiger partial charge in [0.15, 0.2) is 0 Å². The second kappa shape index (κ2) is 7.92. The highest BCUT2D eigenvalue weighted by atomic mass is 19.1. The van der Waals surface area contributed by atoms with Crippen molar-refractivity contribution in [3.05, 3.63) is 46.9 Å². The van der Waals surface area contributed by atoms with Crippen molar-refractivity contribution in [3.8, 4) is 0 Å². The minimum atomic E-state index is -0.696. The van der Waals surface area contributed by atoms with Crippen LogP contribution in [0.15, 0.2) is 35.5 Å². The van der Waals surface area contributed by atoms with Crippen LogP contribution in [0.1, 0.15) is 32.4 Å². The SMILES string of the molecule is CC1=C(C(=O)OCCOC(C)C)C(c2ccc(F)cc2)NC(=O)N1. The molecule has 2 N–H and O–H groups in total. The highest BCUT2D eigenvalue weighted by molar-refractivity contribution is 5.95. The molecular weight excluding hydrogens is 315 g/mol. The molecule has 24 heavy (non-hydrogen) atoms. The lowest BCUT2D eigenvalue weighted by Gasteiger charge is -2.28. The highest BCUT2D eigenvalue weighted by Crippen LogP contribution is 2.27. The maximum atomic E-state index is 13.1. The number of urea groups is 1. The molecule has 0 spiro atoms. The van der Waals surface area contributed by atoms with E-state index in [1.165, 1.54) is 24.3 Å². The quantitative estimate of drug-likeness (QED) is 0.618. The standard InChI is InChI=1S/C17H21FN2O4/c1-10(2)23-8-9-24-16(21)14-11(3)19-17(22)20-15(14)12-4-6-13(18)7-5-12/h4-7,10,15H,8-9H2,1-3H3,(H2,19,20,22). The van der Waals surface area contributed by atoms with Gasteiger partial charge in [-0.05, 0) is 38.5 Å². The molecule has 0 saturated heterocycles. The summed E-state index contributed by atoms with van der Waals surface area (Å²) in [6.45, 7) is 5.80. The second-order valence-electron chi connectivity index (χ2n) is 5.68. The third-order valence-corrected chi connectivity index (χ3v) is 3.46. The fourth-order valence-electron chi connectivity index (χ4n) is 2.37. The first-order valence-corrected chi connectivity index (χ1v) is 7.71. The predicted molar refractivity (Wildman–Crippen MR) is 85.6 cm³/mol. The molecule has 0 saturated carbocycles. The number of halogens is 1. The van der Waals surface area contributed by atoms with Crippen LogP contribution in [-0.2, 0) is 14.3 Å². The van der Waals surface area contributed by atoms with Crippen LogP contribution in [-0.4, -0.2) is 31.3 Å². The summed E-state index contributed by atoms with van der Waals surface area (Å²) in [4.78, 5) is 24.1. The Morgan fingerprint density at radius 3 is 2.54 bits per heavy atom. The van der Waals surface area contributed by atoms with Gasteiger partial charge in [-0.25, -0.2) is 14.0 Å². The van der Waals surface area contributed by atoms with Crippen LogP contribution in [0.2, 0.25) is 0 Å². The molecule has 0 radical (unpaired) electrons. The number of amides is 2. The van der Waals surface area contributed by atoms with Crippen molar-refractivity contribution in [2.24, 2.45) is 0 Å². The summed E-state index contributed by atoms with van der Waals surface area (Å²) >= 11 is 0. The first-order chi connectivity index (χ1) is 11.4. The molecule has 130 valence electrons. The lowest BCUT2D eigenvalue weighted by atomic mass is 9.95. The first kappa shape index (κ1) is 17.9. The van der Waals surface area contributed by atoms with Gasteiger partial charge in [-0.2, -0.15) is 0 Å². The van der Waals surface area contributed by atoms with Crippen LogP contribution in [0.3, 0.4) is 0 Å². The van der Waals surface area contributed by atoms with Crippen LogP contribution < -0.4 is 10.6 Å². The molecule has 2 amide bonds. The van der Waals surface area contributed by atoms with E-state index >= 15 is 0 Å². The minimum Gasteiger partial charge on any atom is -0.460 e. The Bertz CT molecular complexity index is 640. The van der Waals surface area contributed by atoms with Crippen LogP contribution >= 0.6 is 0 Å². The molecular formula is C17H21FN2O4. The van der Waals surface area contributed by atoms with Gasteiger partial charge in [-0.1, -0.05) is 12.1 Å². The van der Waals surface area contributed by atoms with Crippen molar-refractivity contribution < 1.29 is 23.5 Å². The number of carbonyl (C=O) groups is 2. The van der Waals surface area contributed by atoms with Gasteiger partial charge in [0.05, 0.1) is 24.3 Å². The van der Waals surface area contributed by atoms with Gasteiger partial charge < -0.3 is 20.1 Å². The van der Waals surface area contributed by atoms with Crippen LogP contribution in [0.5, 0.6) is 0 Å². The number of hydrogen-bond donors (Lipinski definition) is 2. The Labute approximate surface area is 140 Å². The van der Waals surface area contributed by atoms with E-state index in [0.717, 1.165) is 0 Å². The largest absolute Gasteiger partial charge is 0.460 e. The molecule has 6 nitrogen and oxygen atoms in total. The zero-order chi connectivity index (χ0) is 17.7. The van der Waals surface area contributed by atoms with E-state index in [1.54, 1.807) is 6.92 Å². The van der Waals surface area contributed by atoms with Gasteiger partial charge in [0.2, 0.25) is 0 Å². The minimum absolute atomic E-state index is 0.0484. The number of esters is 1. The molecule has 0 aliphatic carbocycles. The summed E-state index contributed by atoms with van der Waals surface area (Å²) in [5, 5.41) is 5.21. The fraction of sp³-hybridized carbons (Fsp3) is 0.412. The van der Waals surface area contributed by atoms with Crippen LogP contribution in [0, 0.1) is 5.82 Å². The van der Waals surface area contributed by atoms with Crippen LogP contribution in [0.25, 0.3) is 0 Å². The third kappa shape index (κ3) is 4.55. The summed E-state index contributed by atoms with van der Waals surface area (Å²) in [5.41, 5.74) is 1.28. The molecule has 1 aromatic rings. The zero-order valence-corrected chi connectivity index (χ0v) is 13.9. The topological polar surface area (TPSA) is 76.7 Å². The fourth-order valence-corrected chi connectivity index (χ4v) is 2.37. The van der Waals surface area contributed by atoms with E-state index < -0.39 is 23.9 Å². The van der Waals surface area contributed by atoms with Gasteiger partial charge in [0.1, 0.15) is 12.4 Å². The van der Waals surface area contributed by atoms with E-state index in [0.29, 0.717) is 11.3 Å². The molecule has 1 heterocycles. The Morgan fingerprint density at radius 1 is 1.25 bits per heavy atom. The average Bonchev–Trinajstić information content (AvgIpc) is 2.51. The average molecular weight is 336 g/mol. The second-order valence-corrected chi connectivity index (χ2v) is 5.68. The molecule has 2 rings (SSSR count). The van der Waals surface area contributed by atoms with Crippen molar-refractivity contribution >= 4 is 12.0 Å². The number of carbonyl (C=O) groups excluding carboxylic acids is 2. The summed E-state index contributed by atoms with van der Waals surface area (Å²) in [6, 6.07) is 4.47. The molecule has 0 aromatic heterocycles. The first-order valence-electron chi connectivity index (χ1n) is 7.71. The Hall–Kier alpha value is -2.41. The molecule has 1 aliphatic heterocycles. The van der Waals surface area contributed by atoms with Gasteiger partial charge in [-0.3, -0.25) is 0 Å². The molecule has 1 unspecified atom stereocenters. The zero-order valence-electron chi connectivity index (χ0n) is 13.9. The van der Waals surface area contributed by atoms with E-state index in [1.807, 2.05) is 13.8 Å². The Kier molecular flexibility index (Phi) is 5.92. The van der Waals surface area contributed by atoms with Crippen molar-refractivity contribution in [1.82, 2.24) is 10.6 Å². The van der Waals surface area contributed by atoms with Gasteiger partial charge >= 0.3 is 12.0 Å². The summed E-state index contributed by atoms with van der Waals surface area (Å²) in [7, 11) is 0. The number of rotatable bonds is 6. The number of hydrogen-bond acceptors (Lipinski definition) is 4. The predicted octanol–water partition coefficient (Wildman–Crippen LogP) is 2.42. The van der Waals surface area contributed by atoms with E-state index in [-0.39, 0.29) is 24.9 Å². The Balaban J connectivity index is 2.16.